The van der Waals surface area contributed by atoms with Gasteiger partial charge in [-0.1, -0.05) is 24.3 Å². The van der Waals surface area contributed by atoms with E-state index >= 15 is 0 Å². The summed E-state index contributed by atoms with van der Waals surface area (Å²) in [4.78, 5) is 14.0. The van der Waals surface area contributed by atoms with Crippen LogP contribution in [-0.4, -0.2) is 23.9 Å². The molecule has 1 aromatic carbocycles. The Labute approximate surface area is 108 Å². The molecule has 0 aromatic heterocycles. The van der Waals surface area contributed by atoms with Gasteiger partial charge in [0.15, 0.2) is 0 Å². The first-order valence-corrected chi connectivity index (χ1v) is 6.45. The normalized spacial score (nSPS) is 16.3. The largest absolute Gasteiger partial charge is 0.342 e. The van der Waals surface area contributed by atoms with Gasteiger partial charge in [-0.05, 0) is 37.3 Å². The third kappa shape index (κ3) is 2.70. The summed E-state index contributed by atoms with van der Waals surface area (Å²) < 4.78 is 0. The quantitative estimate of drug-likeness (QED) is 0.816. The molecule has 1 atom stereocenters. The molecule has 0 spiro atoms. The second-order valence-corrected chi connectivity index (χ2v) is 4.84. The van der Waals surface area contributed by atoms with E-state index in [2.05, 4.69) is 6.07 Å². The van der Waals surface area contributed by atoms with E-state index in [1.807, 2.05) is 36.1 Å². The van der Waals surface area contributed by atoms with Crippen LogP contribution in [0.4, 0.5) is 0 Å². The molecule has 1 aliphatic heterocycles. The highest BCUT2D eigenvalue weighted by atomic mass is 16.2. The molecule has 0 radical (unpaired) electrons. The van der Waals surface area contributed by atoms with Crippen molar-refractivity contribution >= 4 is 5.91 Å². The highest BCUT2D eigenvalue weighted by Gasteiger charge is 2.26. The van der Waals surface area contributed by atoms with Gasteiger partial charge in [0.2, 0.25) is 5.91 Å². The number of benzene rings is 1. The summed E-state index contributed by atoms with van der Waals surface area (Å²) in [5.74, 6) is -0.539. The number of carbonyl (C=O) groups excluding carboxylic acids is 1. The monoisotopic (exact) mass is 242 g/mol. The molecule has 0 aliphatic carbocycles. The Balaban J connectivity index is 2.08. The lowest BCUT2D eigenvalue weighted by Gasteiger charge is -2.19. The summed E-state index contributed by atoms with van der Waals surface area (Å²) in [7, 11) is 0. The van der Waals surface area contributed by atoms with Crippen LogP contribution in [0.25, 0.3) is 0 Å². The predicted octanol–water partition coefficient (Wildman–Crippen LogP) is 2.30. The molecule has 1 aliphatic rings. The van der Waals surface area contributed by atoms with Crippen molar-refractivity contribution in [3.63, 3.8) is 0 Å². The summed E-state index contributed by atoms with van der Waals surface area (Å²) in [5.41, 5.74) is 2.24. The van der Waals surface area contributed by atoms with Crippen LogP contribution in [0.2, 0.25) is 0 Å². The average Bonchev–Trinajstić information content (AvgIpc) is 2.91. The molecule has 1 amide bonds. The number of nitriles is 1. The lowest BCUT2D eigenvalue weighted by Crippen LogP contribution is -2.34. The van der Waals surface area contributed by atoms with Gasteiger partial charge in [-0.15, -0.1) is 0 Å². The topological polar surface area (TPSA) is 44.1 Å². The van der Waals surface area contributed by atoms with Gasteiger partial charge < -0.3 is 4.90 Å². The third-order valence-electron chi connectivity index (χ3n) is 3.56. The van der Waals surface area contributed by atoms with Crippen LogP contribution in [0, 0.1) is 24.2 Å². The van der Waals surface area contributed by atoms with Crippen molar-refractivity contribution in [3.8, 4) is 6.07 Å². The van der Waals surface area contributed by atoms with E-state index in [0.717, 1.165) is 37.1 Å². The van der Waals surface area contributed by atoms with E-state index in [-0.39, 0.29) is 5.91 Å². The van der Waals surface area contributed by atoms with Crippen LogP contribution >= 0.6 is 0 Å². The Morgan fingerprint density at radius 2 is 2.06 bits per heavy atom. The number of rotatable bonds is 3. The van der Waals surface area contributed by atoms with E-state index in [9.17, 15) is 10.1 Å². The smallest absolute Gasteiger partial charge is 0.240 e. The molecule has 3 nitrogen and oxygen atoms in total. The van der Waals surface area contributed by atoms with Crippen molar-refractivity contribution in [2.75, 3.05) is 13.1 Å². The number of nitrogens with zero attached hydrogens (tertiary/aromatic N) is 2. The SMILES string of the molecule is Cc1ccccc1CC(C#N)C(=O)N1CCCC1. The zero-order valence-electron chi connectivity index (χ0n) is 10.7. The minimum absolute atomic E-state index is 0.00162. The van der Waals surface area contributed by atoms with Gasteiger partial charge in [-0.2, -0.15) is 5.26 Å². The number of aryl methyl sites for hydroxylation is 1. The average molecular weight is 242 g/mol. The lowest BCUT2D eigenvalue weighted by molar-refractivity contribution is -0.132. The zero-order valence-corrected chi connectivity index (χ0v) is 10.7. The Kier molecular flexibility index (Phi) is 3.99. The van der Waals surface area contributed by atoms with E-state index in [1.165, 1.54) is 0 Å². The summed E-state index contributed by atoms with van der Waals surface area (Å²) in [6.07, 6.45) is 2.65. The van der Waals surface area contributed by atoms with Gasteiger partial charge in [0, 0.05) is 13.1 Å². The zero-order chi connectivity index (χ0) is 13.0. The molecule has 1 heterocycles. The molecule has 0 saturated carbocycles. The molecule has 94 valence electrons. The van der Waals surface area contributed by atoms with Gasteiger partial charge >= 0.3 is 0 Å². The minimum Gasteiger partial charge on any atom is -0.342 e. The maximum Gasteiger partial charge on any atom is 0.240 e. The Morgan fingerprint density at radius 1 is 1.39 bits per heavy atom. The standard InChI is InChI=1S/C15H18N2O/c1-12-6-2-3-7-13(12)10-14(11-16)15(18)17-8-4-5-9-17/h2-3,6-7,14H,4-5,8-10H2,1H3. The third-order valence-corrected chi connectivity index (χ3v) is 3.56. The van der Waals surface area contributed by atoms with Crippen molar-refractivity contribution in [1.29, 1.82) is 5.26 Å². The molecular formula is C15H18N2O. The number of hydrogen-bond donors (Lipinski definition) is 0. The highest BCUT2D eigenvalue weighted by molar-refractivity contribution is 5.81. The predicted molar refractivity (Wildman–Crippen MR) is 69.8 cm³/mol. The van der Waals surface area contributed by atoms with E-state index < -0.39 is 5.92 Å². The number of carbonyl (C=O) groups is 1. The summed E-state index contributed by atoms with van der Waals surface area (Å²) in [6.45, 7) is 3.64. The molecule has 18 heavy (non-hydrogen) atoms. The van der Waals surface area contributed by atoms with Crippen LogP contribution in [0.15, 0.2) is 24.3 Å². The molecule has 2 rings (SSSR count). The molecule has 3 heteroatoms. The second-order valence-electron chi connectivity index (χ2n) is 4.84. The van der Waals surface area contributed by atoms with Crippen LogP contribution in [0.5, 0.6) is 0 Å². The maximum absolute atomic E-state index is 12.2. The van der Waals surface area contributed by atoms with Gasteiger partial charge in [0.1, 0.15) is 5.92 Å². The molecule has 1 unspecified atom stereocenters. The highest BCUT2D eigenvalue weighted by Crippen LogP contribution is 2.17. The second kappa shape index (κ2) is 5.68. The van der Waals surface area contributed by atoms with E-state index in [4.69, 9.17) is 0 Å². The van der Waals surface area contributed by atoms with Crippen molar-refractivity contribution in [2.24, 2.45) is 5.92 Å². The first-order valence-electron chi connectivity index (χ1n) is 6.45. The maximum atomic E-state index is 12.2. The van der Waals surface area contributed by atoms with Crippen LogP contribution in [0.3, 0.4) is 0 Å². The summed E-state index contributed by atoms with van der Waals surface area (Å²) in [6, 6.07) is 10.1. The Morgan fingerprint density at radius 3 is 2.67 bits per heavy atom. The fourth-order valence-corrected chi connectivity index (χ4v) is 2.41. The van der Waals surface area contributed by atoms with Crippen molar-refractivity contribution in [1.82, 2.24) is 4.90 Å². The lowest BCUT2D eigenvalue weighted by atomic mass is 9.96. The van der Waals surface area contributed by atoms with Crippen molar-refractivity contribution in [2.45, 2.75) is 26.2 Å². The first-order chi connectivity index (χ1) is 8.72. The number of hydrogen-bond acceptors (Lipinski definition) is 2. The first kappa shape index (κ1) is 12.6. The summed E-state index contributed by atoms with van der Waals surface area (Å²) in [5, 5.41) is 9.21. The number of amides is 1. The van der Waals surface area contributed by atoms with E-state index in [0.29, 0.717) is 6.42 Å². The Bertz CT molecular complexity index is 470. The van der Waals surface area contributed by atoms with Gasteiger partial charge in [-0.3, -0.25) is 4.79 Å². The van der Waals surface area contributed by atoms with Gasteiger partial charge in [0.25, 0.3) is 0 Å². The summed E-state index contributed by atoms with van der Waals surface area (Å²) >= 11 is 0. The molecule has 1 saturated heterocycles. The van der Waals surface area contributed by atoms with Gasteiger partial charge in [0.05, 0.1) is 6.07 Å². The van der Waals surface area contributed by atoms with Crippen LogP contribution in [0.1, 0.15) is 24.0 Å². The molecule has 1 fully saturated rings. The minimum atomic E-state index is -0.538. The molecule has 0 N–H and O–H groups in total. The molecular weight excluding hydrogens is 224 g/mol. The van der Waals surface area contributed by atoms with Crippen molar-refractivity contribution < 1.29 is 4.79 Å². The fraction of sp³-hybridized carbons (Fsp3) is 0.467. The molecule has 0 bridgehead atoms. The number of likely N-dealkylation sites (tertiary alicyclic amines) is 1. The van der Waals surface area contributed by atoms with Gasteiger partial charge in [-0.25, -0.2) is 0 Å². The van der Waals surface area contributed by atoms with E-state index in [1.54, 1.807) is 0 Å². The van der Waals surface area contributed by atoms with Crippen LogP contribution in [-0.2, 0) is 11.2 Å². The van der Waals surface area contributed by atoms with Crippen molar-refractivity contribution in [3.05, 3.63) is 35.4 Å². The fourth-order valence-electron chi connectivity index (χ4n) is 2.41. The molecule has 1 aromatic rings. The van der Waals surface area contributed by atoms with Crippen LogP contribution < -0.4 is 0 Å². The Hall–Kier alpha value is -1.82.